The lowest BCUT2D eigenvalue weighted by Crippen LogP contribution is -1.88. The second-order valence-corrected chi connectivity index (χ2v) is 1.51. The molecule has 0 aliphatic rings. The molecule has 0 amide bonds. The zero-order chi connectivity index (χ0) is 5.98. The molecule has 8 heavy (non-hydrogen) atoms. The lowest BCUT2D eigenvalue weighted by Gasteiger charge is -1.90. The summed E-state index contributed by atoms with van der Waals surface area (Å²) in [4.78, 5) is 0. The van der Waals surface area contributed by atoms with Gasteiger partial charge in [0.1, 0.15) is 5.69 Å². The first-order chi connectivity index (χ1) is 3.80. The molecule has 0 aliphatic carbocycles. The summed E-state index contributed by atoms with van der Waals surface area (Å²) in [5.74, 6) is 0. The summed E-state index contributed by atoms with van der Waals surface area (Å²) in [5, 5.41) is 15.4. The molecule has 0 aliphatic heterocycles. The summed E-state index contributed by atoms with van der Waals surface area (Å²) in [7, 11) is 0. The number of nitrogens with zero attached hydrogens (tertiary/aromatic N) is 2. The predicted octanol–water partition coefficient (Wildman–Crippen LogP) is 0.123. The fourth-order valence-corrected chi connectivity index (χ4v) is 0.356. The first kappa shape index (κ1) is 5.24. The Hall–Kier alpha value is -0.900. The topological polar surface area (TPSA) is 59.2 Å². The summed E-state index contributed by atoms with van der Waals surface area (Å²) in [5.41, 5.74) is 0.463. The van der Waals surface area contributed by atoms with Crippen molar-refractivity contribution < 1.29 is 9.74 Å². The van der Waals surface area contributed by atoms with E-state index in [1.807, 2.05) is 0 Å². The van der Waals surface area contributed by atoms with E-state index in [4.69, 9.17) is 5.11 Å². The van der Waals surface area contributed by atoms with Crippen LogP contribution >= 0.6 is 0 Å². The summed E-state index contributed by atoms with van der Waals surface area (Å²) < 4.78 is 4.22. The summed E-state index contributed by atoms with van der Waals surface area (Å²) in [6.07, 6.45) is 0.797. The van der Waals surface area contributed by atoms with Crippen LogP contribution in [0.2, 0.25) is 0 Å². The smallest absolute Gasteiger partial charge is 0.133 e. The number of aromatic nitrogens is 2. The van der Waals surface area contributed by atoms with Gasteiger partial charge in [-0.2, -0.15) is 0 Å². The van der Waals surface area contributed by atoms with E-state index in [2.05, 4.69) is 14.9 Å². The Kier molecular flexibility index (Phi) is 1.26. The second-order valence-electron chi connectivity index (χ2n) is 1.51. The number of aliphatic hydroxyl groups excluding tert-OH is 1. The first-order valence-electron chi connectivity index (χ1n) is 2.26. The van der Waals surface area contributed by atoms with E-state index in [0.717, 1.165) is 0 Å². The highest BCUT2D eigenvalue weighted by molar-refractivity contribution is 4.91. The van der Waals surface area contributed by atoms with Gasteiger partial charge in [0.05, 0.1) is 12.3 Å². The van der Waals surface area contributed by atoms with Gasteiger partial charge >= 0.3 is 0 Å². The standard InChI is InChI=1S/C4H6N2O2/c1-3(7)4-2-5-8-6-4/h2-3,7H,1H3. The molecular weight excluding hydrogens is 108 g/mol. The van der Waals surface area contributed by atoms with Gasteiger partial charge in [-0.15, -0.1) is 0 Å². The minimum atomic E-state index is -0.582. The normalized spacial score (nSPS) is 13.8. The number of hydrogen-bond acceptors (Lipinski definition) is 4. The molecule has 1 rings (SSSR count). The first-order valence-corrected chi connectivity index (χ1v) is 2.26. The van der Waals surface area contributed by atoms with Crippen LogP contribution < -0.4 is 0 Å². The summed E-state index contributed by atoms with van der Waals surface area (Å²) >= 11 is 0. The highest BCUT2D eigenvalue weighted by atomic mass is 16.6. The Bertz CT molecular complexity index is 147. The predicted molar refractivity (Wildman–Crippen MR) is 24.9 cm³/mol. The average molecular weight is 114 g/mol. The van der Waals surface area contributed by atoms with Crippen LogP contribution in [-0.4, -0.2) is 15.4 Å². The third-order valence-electron chi connectivity index (χ3n) is 0.806. The van der Waals surface area contributed by atoms with Crippen LogP contribution in [0.4, 0.5) is 0 Å². The zero-order valence-electron chi connectivity index (χ0n) is 4.40. The monoisotopic (exact) mass is 114 g/mol. The van der Waals surface area contributed by atoms with Crippen molar-refractivity contribution in [1.82, 2.24) is 10.3 Å². The summed E-state index contributed by atoms with van der Waals surface area (Å²) in [6, 6.07) is 0. The van der Waals surface area contributed by atoms with Crippen LogP contribution in [0.15, 0.2) is 10.8 Å². The molecule has 1 unspecified atom stereocenters. The second kappa shape index (κ2) is 1.92. The van der Waals surface area contributed by atoms with Gasteiger partial charge in [0.15, 0.2) is 0 Å². The maximum absolute atomic E-state index is 8.75. The van der Waals surface area contributed by atoms with Crippen LogP contribution in [0.5, 0.6) is 0 Å². The highest BCUT2D eigenvalue weighted by Gasteiger charge is 2.02. The van der Waals surface area contributed by atoms with Crippen LogP contribution in [0.25, 0.3) is 0 Å². The van der Waals surface area contributed by atoms with Crippen molar-refractivity contribution in [2.75, 3.05) is 0 Å². The number of aliphatic hydroxyl groups is 1. The molecule has 1 atom stereocenters. The van der Waals surface area contributed by atoms with E-state index in [-0.39, 0.29) is 0 Å². The molecule has 1 aromatic heterocycles. The van der Waals surface area contributed by atoms with Gasteiger partial charge in [0, 0.05) is 0 Å². The molecule has 1 aromatic rings. The van der Waals surface area contributed by atoms with Crippen molar-refractivity contribution >= 4 is 0 Å². The van der Waals surface area contributed by atoms with E-state index >= 15 is 0 Å². The largest absolute Gasteiger partial charge is 0.387 e. The van der Waals surface area contributed by atoms with Gasteiger partial charge in [-0.1, -0.05) is 10.3 Å². The molecule has 44 valence electrons. The van der Waals surface area contributed by atoms with E-state index in [1.54, 1.807) is 6.92 Å². The molecule has 0 bridgehead atoms. The van der Waals surface area contributed by atoms with Gasteiger partial charge in [0.25, 0.3) is 0 Å². The average Bonchev–Trinajstić information content (AvgIpc) is 2.12. The molecule has 4 heteroatoms. The van der Waals surface area contributed by atoms with E-state index in [1.165, 1.54) is 6.20 Å². The van der Waals surface area contributed by atoms with Crippen molar-refractivity contribution in [3.63, 3.8) is 0 Å². The molecule has 4 nitrogen and oxygen atoms in total. The molecule has 1 heterocycles. The lowest BCUT2D eigenvalue weighted by atomic mass is 10.3. The maximum atomic E-state index is 8.75. The number of hydrogen-bond donors (Lipinski definition) is 1. The Morgan fingerprint density at radius 1 is 1.88 bits per heavy atom. The SMILES string of the molecule is CC(O)c1cnon1. The molecule has 0 fully saturated rings. The van der Waals surface area contributed by atoms with Gasteiger partial charge in [-0.05, 0) is 6.92 Å². The van der Waals surface area contributed by atoms with E-state index < -0.39 is 6.10 Å². The highest BCUT2D eigenvalue weighted by Crippen LogP contribution is 2.04. The van der Waals surface area contributed by atoms with Crippen LogP contribution in [-0.2, 0) is 0 Å². The van der Waals surface area contributed by atoms with Crippen LogP contribution in [0.3, 0.4) is 0 Å². The Balaban J connectivity index is 2.77. The van der Waals surface area contributed by atoms with Gasteiger partial charge < -0.3 is 5.11 Å². The molecule has 0 aromatic carbocycles. The molecule has 0 radical (unpaired) electrons. The van der Waals surface area contributed by atoms with Gasteiger partial charge in [0.2, 0.25) is 0 Å². The van der Waals surface area contributed by atoms with Crippen molar-refractivity contribution in [1.29, 1.82) is 0 Å². The van der Waals surface area contributed by atoms with Gasteiger partial charge in [-0.25, -0.2) is 4.63 Å². The maximum Gasteiger partial charge on any atom is 0.133 e. The third kappa shape index (κ3) is 0.840. The third-order valence-corrected chi connectivity index (χ3v) is 0.806. The molecular formula is C4H6N2O2. The fourth-order valence-electron chi connectivity index (χ4n) is 0.356. The van der Waals surface area contributed by atoms with Crippen molar-refractivity contribution in [3.05, 3.63) is 11.9 Å². The van der Waals surface area contributed by atoms with Crippen LogP contribution in [0.1, 0.15) is 18.7 Å². The number of rotatable bonds is 1. The summed E-state index contributed by atoms with van der Waals surface area (Å²) in [6.45, 7) is 1.60. The molecule has 1 N–H and O–H groups in total. The van der Waals surface area contributed by atoms with Crippen molar-refractivity contribution in [2.45, 2.75) is 13.0 Å². The lowest BCUT2D eigenvalue weighted by molar-refractivity contribution is 0.185. The fraction of sp³-hybridized carbons (Fsp3) is 0.500. The molecule has 0 spiro atoms. The Morgan fingerprint density at radius 3 is 2.88 bits per heavy atom. The Labute approximate surface area is 46.1 Å². The van der Waals surface area contributed by atoms with Crippen molar-refractivity contribution in [2.24, 2.45) is 0 Å². The van der Waals surface area contributed by atoms with E-state index in [9.17, 15) is 0 Å². The van der Waals surface area contributed by atoms with Crippen molar-refractivity contribution in [3.8, 4) is 0 Å². The van der Waals surface area contributed by atoms with E-state index in [0.29, 0.717) is 5.69 Å². The Morgan fingerprint density at radius 2 is 2.62 bits per heavy atom. The molecule has 0 saturated carbocycles. The zero-order valence-corrected chi connectivity index (χ0v) is 4.40. The quantitative estimate of drug-likeness (QED) is 0.563. The minimum absolute atomic E-state index is 0.463. The molecule has 0 saturated heterocycles. The minimum Gasteiger partial charge on any atom is -0.387 e. The van der Waals surface area contributed by atoms with Gasteiger partial charge in [-0.3, -0.25) is 0 Å². The van der Waals surface area contributed by atoms with Crippen LogP contribution in [0, 0.1) is 0 Å².